The summed E-state index contributed by atoms with van der Waals surface area (Å²) in [7, 11) is -3.50. The minimum Gasteiger partial charge on any atom is -0.261 e. The molecular weight excluding hydrogens is 296 g/mol. The summed E-state index contributed by atoms with van der Waals surface area (Å²) in [5, 5.41) is 1.94. The molecule has 1 aromatic heterocycles. The number of hydrogen-bond acceptors (Lipinski definition) is 3. The first-order valence-electron chi connectivity index (χ1n) is 7.03. The molecule has 3 rings (SSSR count). The average molecular weight is 312 g/mol. The maximum absolute atomic E-state index is 12.3. The zero-order valence-corrected chi connectivity index (χ0v) is 12.8. The smallest absolute Gasteiger partial charge is 0.240 e. The molecule has 0 saturated heterocycles. The van der Waals surface area contributed by atoms with Crippen LogP contribution in [0.2, 0.25) is 0 Å². The number of fused-ring (bicyclic) bond motifs is 1. The van der Waals surface area contributed by atoms with Gasteiger partial charge in [-0.05, 0) is 35.0 Å². The quantitative estimate of drug-likeness (QED) is 0.788. The van der Waals surface area contributed by atoms with E-state index in [0.717, 1.165) is 16.5 Å². The van der Waals surface area contributed by atoms with Crippen molar-refractivity contribution in [2.45, 2.75) is 11.3 Å². The van der Waals surface area contributed by atoms with E-state index < -0.39 is 10.0 Å². The van der Waals surface area contributed by atoms with Crippen LogP contribution in [0.25, 0.3) is 10.8 Å². The van der Waals surface area contributed by atoms with Crippen molar-refractivity contribution in [1.82, 2.24) is 9.71 Å². The number of benzene rings is 2. The lowest BCUT2D eigenvalue weighted by molar-refractivity contribution is 0.581. The van der Waals surface area contributed by atoms with E-state index in [9.17, 15) is 8.42 Å². The second-order valence-corrected chi connectivity index (χ2v) is 6.74. The topological polar surface area (TPSA) is 59.1 Å². The largest absolute Gasteiger partial charge is 0.261 e. The monoisotopic (exact) mass is 312 g/mol. The van der Waals surface area contributed by atoms with E-state index in [0.29, 0.717) is 13.0 Å². The van der Waals surface area contributed by atoms with E-state index >= 15 is 0 Å². The molecule has 0 spiro atoms. The second-order valence-electron chi connectivity index (χ2n) is 4.98. The predicted octanol–water partition coefficient (Wildman–Crippen LogP) is 2.76. The van der Waals surface area contributed by atoms with Gasteiger partial charge in [0.1, 0.15) is 0 Å². The van der Waals surface area contributed by atoms with Crippen LogP contribution in [0.1, 0.15) is 5.69 Å². The lowest BCUT2D eigenvalue weighted by Crippen LogP contribution is -2.26. The molecule has 0 unspecified atom stereocenters. The van der Waals surface area contributed by atoms with E-state index in [1.165, 1.54) is 0 Å². The van der Waals surface area contributed by atoms with Crippen LogP contribution in [-0.4, -0.2) is 19.9 Å². The lowest BCUT2D eigenvalue weighted by atomic mass is 10.1. The van der Waals surface area contributed by atoms with Gasteiger partial charge in [0.05, 0.1) is 4.90 Å². The maximum Gasteiger partial charge on any atom is 0.240 e. The first-order chi connectivity index (χ1) is 10.6. The van der Waals surface area contributed by atoms with Gasteiger partial charge in [-0.15, -0.1) is 0 Å². The fraction of sp³-hybridized carbons (Fsp3) is 0.118. The summed E-state index contributed by atoms with van der Waals surface area (Å²) in [6, 6.07) is 18.4. The van der Waals surface area contributed by atoms with E-state index in [-0.39, 0.29) is 4.90 Å². The van der Waals surface area contributed by atoms with Crippen molar-refractivity contribution in [3.05, 3.63) is 72.6 Å². The standard InChI is InChI=1S/C17H16N2O2S/c20-22(21,19-12-10-16-7-3-4-11-18-16)17-9-8-14-5-1-2-6-15(14)13-17/h1-9,11,13,19H,10,12H2. The molecule has 4 nitrogen and oxygen atoms in total. The number of nitrogens with one attached hydrogen (secondary N) is 1. The first kappa shape index (κ1) is 14.7. The average Bonchev–Trinajstić information content (AvgIpc) is 2.55. The van der Waals surface area contributed by atoms with Crippen LogP contribution in [-0.2, 0) is 16.4 Å². The normalized spacial score (nSPS) is 11.6. The lowest BCUT2D eigenvalue weighted by Gasteiger charge is -2.07. The number of aromatic nitrogens is 1. The van der Waals surface area contributed by atoms with Crippen molar-refractivity contribution in [2.24, 2.45) is 0 Å². The molecule has 3 aromatic rings. The van der Waals surface area contributed by atoms with Crippen LogP contribution >= 0.6 is 0 Å². The Labute approximate surface area is 129 Å². The summed E-state index contributed by atoms with van der Waals surface area (Å²) in [5.41, 5.74) is 0.865. The molecule has 2 aromatic carbocycles. The third-order valence-corrected chi connectivity index (χ3v) is 4.89. The highest BCUT2D eigenvalue weighted by Crippen LogP contribution is 2.18. The summed E-state index contributed by atoms with van der Waals surface area (Å²) >= 11 is 0. The summed E-state index contributed by atoms with van der Waals surface area (Å²) in [6.07, 6.45) is 2.26. The van der Waals surface area contributed by atoms with Crippen LogP contribution in [0.4, 0.5) is 0 Å². The zero-order chi connectivity index (χ0) is 15.4. The van der Waals surface area contributed by atoms with Gasteiger partial charge in [0.2, 0.25) is 10.0 Å². The van der Waals surface area contributed by atoms with Gasteiger partial charge in [-0.1, -0.05) is 36.4 Å². The van der Waals surface area contributed by atoms with Gasteiger partial charge in [0.25, 0.3) is 0 Å². The molecular formula is C17H16N2O2S. The molecule has 22 heavy (non-hydrogen) atoms. The summed E-state index contributed by atoms with van der Waals surface area (Å²) < 4.78 is 27.3. The van der Waals surface area contributed by atoms with Gasteiger partial charge in [0, 0.05) is 24.9 Å². The highest BCUT2D eigenvalue weighted by molar-refractivity contribution is 7.89. The Hall–Kier alpha value is -2.24. The molecule has 0 radical (unpaired) electrons. The van der Waals surface area contributed by atoms with E-state index in [1.54, 1.807) is 18.3 Å². The maximum atomic E-state index is 12.3. The Morgan fingerprint density at radius 2 is 1.68 bits per heavy atom. The number of hydrogen-bond donors (Lipinski definition) is 1. The molecule has 0 fully saturated rings. The summed E-state index contributed by atoms with van der Waals surface area (Å²) in [4.78, 5) is 4.46. The van der Waals surface area contributed by atoms with Crippen molar-refractivity contribution >= 4 is 20.8 Å². The van der Waals surface area contributed by atoms with Gasteiger partial charge >= 0.3 is 0 Å². The van der Waals surface area contributed by atoms with Crippen molar-refractivity contribution in [3.63, 3.8) is 0 Å². The molecule has 1 heterocycles. The molecule has 0 amide bonds. The Morgan fingerprint density at radius 1 is 0.909 bits per heavy atom. The van der Waals surface area contributed by atoms with Crippen molar-refractivity contribution in [1.29, 1.82) is 0 Å². The second kappa shape index (κ2) is 6.25. The van der Waals surface area contributed by atoms with Crippen LogP contribution in [0.15, 0.2) is 71.8 Å². The molecule has 0 bridgehead atoms. The van der Waals surface area contributed by atoms with Crippen LogP contribution < -0.4 is 4.72 Å². The highest BCUT2D eigenvalue weighted by atomic mass is 32.2. The van der Waals surface area contributed by atoms with Crippen LogP contribution in [0.3, 0.4) is 0 Å². The SMILES string of the molecule is O=S(=O)(NCCc1ccccn1)c1ccc2ccccc2c1. The minimum atomic E-state index is -3.50. The van der Waals surface area contributed by atoms with Crippen molar-refractivity contribution < 1.29 is 8.42 Å². The Kier molecular flexibility index (Phi) is 4.18. The van der Waals surface area contributed by atoms with Gasteiger partial charge in [-0.3, -0.25) is 4.98 Å². The Morgan fingerprint density at radius 3 is 2.45 bits per heavy atom. The molecule has 112 valence electrons. The van der Waals surface area contributed by atoms with Gasteiger partial charge < -0.3 is 0 Å². The fourth-order valence-electron chi connectivity index (χ4n) is 2.28. The predicted molar refractivity (Wildman–Crippen MR) is 87.1 cm³/mol. The highest BCUT2D eigenvalue weighted by Gasteiger charge is 2.13. The summed E-state index contributed by atoms with van der Waals surface area (Å²) in [5.74, 6) is 0. The van der Waals surface area contributed by atoms with Crippen LogP contribution in [0.5, 0.6) is 0 Å². The molecule has 0 aliphatic carbocycles. The van der Waals surface area contributed by atoms with E-state index in [4.69, 9.17) is 0 Å². The number of nitrogens with zero attached hydrogens (tertiary/aromatic N) is 1. The fourth-order valence-corrected chi connectivity index (χ4v) is 3.34. The molecule has 0 aliphatic rings. The van der Waals surface area contributed by atoms with Crippen LogP contribution in [0, 0.1) is 0 Å². The number of sulfonamides is 1. The van der Waals surface area contributed by atoms with Crippen molar-refractivity contribution in [2.75, 3.05) is 6.54 Å². The van der Waals surface area contributed by atoms with Gasteiger partial charge in [0.15, 0.2) is 0 Å². The van der Waals surface area contributed by atoms with Crippen molar-refractivity contribution in [3.8, 4) is 0 Å². The van der Waals surface area contributed by atoms with E-state index in [2.05, 4.69) is 9.71 Å². The first-order valence-corrected chi connectivity index (χ1v) is 8.52. The molecule has 0 atom stereocenters. The van der Waals surface area contributed by atoms with Gasteiger partial charge in [-0.25, -0.2) is 13.1 Å². The summed E-state index contributed by atoms with van der Waals surface area (Å²) in [6.45, 7) is 0.326. The number of rotatable bonds is 5. The Balaban J connectivity index is 1.74. The molecule has 5 heteroatoms. The third-order valence-electron chi connectivity index (χ3n) is 3.43. The minimum absolute atomic E-state index is 0.284. The Bertz CT molecular complexity index is 877. The third kappa shape index (κ3) is 3.32. The molecule has 1 N–H and O–H groups in total. The zero-order valence-electron chi connectivity index (χ0n) is 11.9. The number of pyridine rings is 1. The molecule has 0 saturated carbocycles. The van der Waals surface area contributed by atoms with Gasteiger partial charge in [-0.2, -0.15) is 0 Å². The molecule has 0 aliphatic heterocycles. The van der Waals surface area contributed by atoms with E-state index in [1.807, 2.05) is 48.5 Å².